The van der Waals surface area contributed by atoms with E-state index in [1.807, 2.05) is 4.93 Å². The Bertz CT molecular complexity index is 64.6. The first-order chi connectivity index (χ1) is 4.93. The van der Waals surface area contributed by atoms with Crippen molar-refractivity contribution in [2.45, 2.75) is 12.8 Å². The summed E-state index contributed by atoms with van der Waals surface area (Å²) in [6.07, 6.45) is 2.64. The lowest BCUT2D eigenvalue weighted by molar-refractivity contribution is 0.221. The van der Waals surface area contributed by atoms with E-state index in [4.69, 9.17) is 5.11 Å². The van der Waals surface area contributed by atoms with Crippen molar-refractivity contribution in [2.75, 3.05) is 31.2 Å². The van der Waals surface area contributed by atoms with E-state index in [0.29, 0.717) is 6.61 Å². The fraction of sp³-hybridized carbons (Fsp3) is 1.00. The topological polar surface area (TPSA) is 23.5 Å². The van der Waals surface area contributed by atoms with Crippen LogP contribution in [0.15, 0.2) is 0 Å². The first kappa shape index (κ1) is 10.7. The number of nitrogens with zero attached hydrogens (tertiary/aromatic N) is 1. The van der Waals surface area contributed by atoms with E-state index in [1.54, 1.807) is 0 Å². The van der Waals surface area contributed by atoms with Crippen LogP contribution in [0.1, 0.15) is 12.8 Å². The molecule has 0 aromatic heterocycles. The second-order valence-electron chi connectivity index (χ2n) is 2.27. The van der Waals surface area contributed by atoms with Gasteiger partial charge in [-0.15, -0.1) is 0 Å². The van der Waals surface area contributed by atoms with Crippen LogP contribution in [0.4, 0.5) is 0 Å². The zero-order chi connectivity index (χ0) is 7.82. The summed E-state index contributed by atoms with van der Waals surface area (Å²) < 4.78 is 0. The van der Waals surface area contributed by atoms with E-state index < -0.39 is 0 Å². The Balaban J connectivity index is 0.000000371. The highest BCUT2D eigenvalue weighted by atomic mass is 127. The molecule has 1 N–H and O–H groups in total. The summed E-state index contributed by atoms with van der Waals surface area (Å²) in [5.41, 5.74) is 0. The monoisotopic (exact) mass is 257 g/mol. The summed E-state index contributed by atoms with van der Waals surface area (Å²) in [5, 5.41) is 8.48. The van der Waals surface area contributed by atoms with Gasteiger partial charge in [0.1, 0.15) is 0 Å². The van der Waals surface area contributed by atoms with E-state index in [0.717, 1.165) is 6.54 Å². The molecule has 0 saturated carbocycles. The number of hydrogen-bond acceptors (Lipinski definition) is 2. The van der Waals surface area contributed by atoms with Gasteiger partial charge in [-0.3, -0.25) is 0 Å². The first-order valence-corrected chi connectivity index (χ1v) is 5.80. The molecular formula is C7H16INO. The van der Waals surface area contributed by atoms with E-state index in [1.165, 1.54) is 25.9 Å². The Morgan fingerprint density at radius 2 is 1.80 bits per heavy atom. The average molecular weight is 257 g/mol. The molecular weight excluding hydrogens is 241 g/mol. The molecule has 1 heterocycles. The Labute approximate surface area is 76.7 Å². The van der Waals surface area contributed by atoms with Gasteiger partial charge in [0.05, 0.1) is 6.61 Å². The molecule has 0 atom stereocenters. The van der Waals surface area contributed by atoms with E-state index in [2.05, 4.69) is 27.5 Å². The van der Waals surface area contributed by atoms with Crippen LogP contribution in [0.25, 0.3) is 0 Å². The van der Waals surface area contributed by atoms with Gasteiger partial charge in [0.15, 0.2) is 0 Å². The minimum absolute atomic E-state index is 0.319. The summed E-state index contributed by atoms with van der Waals surface area (Å²) in [6, 6.07) is 0. The van der Waals surface area contributed by atoms with Gasteiger partial charge in [-0.25, -0.2) is 0 Å². The van der Waals surface area contributed by atoms with Crippen LogP contribution in [-0.2, 0) is 0 Å². The number of aliphatic hydroxyl groups is 1. The molecule has 2 nitrogen and oxygen atoms in total. The first-order valence-electron chi connectivity index (χ1n) is 3.64. The molecule has 62 valence electrons. The summed E-state index contributed by atoms with van der Waals surface area (Å²) in [6.45, 7) is 3.58. The molecule has 0 amide bonds. The second-order valence-corrected chi connectivity index (χ2v) is 2.27. The molecule has 1 aliphatic rings. The molecule has 1 aliphatic heterocycles. The van der Waals surface area contributed by atoms with E-state index >= 15 is 0 Å². The molecule has 0 unspecified atom stereocenters. The fourth-order valence-electron chi connectivity index (χ4n) is 1.15. The van der Waals surface area contributed by atoms with Crippen molar-refractivity contribution in [1.82, 2.24) is 4.90 Å². The highest BCUT2D eigenvalue weighted by Crippen LogP contribution is 2.04. The van der Waals surface area contributed by atoms with Crippen molar-refractivity contribution >= 4 is 22.6 Å². The maximum absolute atomic E-state index is 8.48. The van der Waals surface area contributed by atoms with Crippen LogP contribution in [0, 0.1) is 0 Å². The second kappa shape index (κ2) is 7.75. The van der Waals surface area contributed by atoms with Gasteiger partial charge >= 0.3 is 0 Å². The van der Waals surface area contributed by atoms with Crippen LogP contribution in [0.2, 0.25) is 0 Å². The Hall–Kier alpha value is 0.650. The molecule has 0 bridgehead atoms. The molecule has 0 aliphatic carbocycles. The lowest BCUT2D eigenvalue weighted by Gasteiger charge is -2.10. The van der Waals surface area contributed by atoms with Crippen molar-refractivity contribution in [3.05, 3.63) is 0 Å². The molecule has 1 rings (SSSR count). The van der Waals surface area contributed by atoms with Crippen molar-refractivity contribution in [2.24, 2.45) is 0 Å². The third-order valence-corrected chi connectivity index (χ3v) is 1.61. The molecule has 0 aromatic carbocycles. The van der Waals surface area contributed by atoms with Gasteiger partial charge in [0.2, 0.25) is 0 Å². The van der Waals surface area contributed by atoms with Gasteiger partial charge < -0.3 is 10.0 Å². The maximum atomic E-state index is 8.48. The van der Waals surface area contributed by atoms with Crippen molar-refractivity contribution in [3.8, 4) is 0 Å². The zero-order valence-corrected chi connectivity index (χ0v) is 8.67. The SMILES string of the molecule is CI.OCCN1CCCC1. The van der Waals surface area contributed by atoms with Gasteiger partial charge in [-0.2, -0.15) is 0 Å². The van der Waals surface area contributed by atoms with E-state index in [9.17, 15) is 0 Å². The average Bonchev–Trinajstić information content (AvgIpc) is 2.46. The standard InChI is InChI=1S/C6H13NO.CH3I/c8-6-5-7-3-1-2-4-7;1-2/h8H,1-6H2;1H3. The third kappa shape index (κ3) is 4.46. The number of likely N-dealkylation sites (tertiary alicyclic amines) is 1. The summed E-state index contributed by atoms with van der Waals surface area (Å²) in [5.74, 6) is 0. The molecule has 0 radical (unpaired) electrons. The molecule has 0 spiro atoms. The Morgan fingerprint density at radius 1 is 1.30 bits per heavy atom. The number of β-amino-alcohol motifs (C(OH)–C–C–N with tert-alkyl or cyclic N) is 1. The Morgan fingerprint density at radius 3 is 2.20 bits per heavy atom. The largest absolute Gasteiger partial charge is 0.395 e. The van der Waals surface area contributed by atoms with Crippen LogP contribution in [0.5, 0.6) is 0 Å². The van der Waals surface area contributed by atoms with Crippen molar-refractivity contribution in [1.29, 1.82) is 0 Å². The maximum Gasteiger partial charge on any atom is 0.0558 e. The molecule has 3 heteroatoms. The van der Waals surface area contributed by atoms with Crippen LogP contribution >= 0.6 is 22.6 Å². The summed E-state index contributed by atoms with van der Waals surface area (Å²) in [4.78, 5) is 4.26. The van der Waals surface area contributed by atoms with Gasteiger partial charge in [0.25, 0.3) is 0 Å². The van der Waals surface area contributed by atoms with Crippen molar-refractivity contribution in [3.63, 3.8) is 0 Å². The highest BCUT2D eigenvalue weighted by molar-refractivity contribution is 14.1. The lowest BCUT2D eigenvalue weighted by atomic mass is 10.4. The lowest BCUT2D eigenvalue weighted by Crippen LogP contribution is -2.22. The van der Waals surface area contributed by atoms with Crippen LogP contribution < -0.4 is 0 Å². The van der Waals surface area contributed by atoms with Gasteiger partial charge in [-0.1, -0.05) is 22.6 Å². The van der Waals surface area contributed by atoms with Crippen LogP contribution in [-0.4, -0.2) is 41.2 Å². The van der Waals surface area contributed by atoms with Gasteiger partial charge in [-0.05, 0) is 30.9 Å². The normalized spacial score (nSPS) is 18.3. The number of aliphatic hydroxyl groups excluding tert-OH is 1. The summed E-state index contributed by atoms with van der Waals surface area (Å²) >= 11 is 2.15. The minimum Gasteiger partial charge on any atom is -0.395 e. The van der Waals surface area contributed by atoms with Gasteiger partial charge in [0, 0.05) is 6.54 Å². The van der Waals surface area contributed by atoms with Crippen molar-refractivity contribution < 1.29 is 5.11 Å². The van der Waals surface area contributed by atoms with E-state index in [-0.39, 0.29) is 0 Å². The quantitative estimate of drug-likeness (QED) is 0.592. The zero-order valence-electron chi connectivity index (χ0n) is 6.52. The molecule has 0 aromatic rings. The van der Waals surface area contributed by atoms with Crippen LogP contribution in [0.3, 0.4) is 0 Å². The minimum atomic E-state index is 0.319. The number of alkyl halides is 1. The molecule has 10 heavy (non-hydrogen) atoms. The number of halogens is 1. The predicted molar refractivity (Wildman–Crippen MR) is 52.7 cm³/mol. The number of rotatable bonds is 2. The fourth-order valence-corrected chi connectivity index (χ4v) is 1.15. The predicted octanol–water partition coefficient (Wildman–Crippen LogP) is 1.13. The Kier molecular flexibility index (Phi) is 8.26. The third-order valence-electron chi connectivity index (χ3n) is 1.61. The number of hydrogen-bond donors (Lipinski definition) is 1. The highest BCUT2D eigenvalue weighted by Gasteiger charge is 2.08. The molecule has 1 saturated heterocycles. The molecule has 1 fully saturated rings. The smallest absolute Gasteiger partial charge is 0.0558 e. The summed E-state index contributed by atoms with van der Waals surface area (Å²) in [7, 11) is 0.